The zero-order valence-corrected chi connectivity index (χ0v) is 37.3. The number of pyridine rings is 3. The minimum atomic E-state index is -3.58. The Hall–Kier alpha value is -6.51. The molecule has 1 aliphatic rings. The number of aryl methyl sites for hydroxylation is 9. The van der Waals surface area contributed by atoms with Gasteiger partial charge in [-0.2, -0.15) is 5.26 Å². The molecule has 0 atom stereocenters. The van der Waals surface area contributed by atoms with Crippen LogP contribution in [0.2, 0.25) is 0 Å². The molecule has 5 nitrogen and oxygen atoms in total. The van der Waals surface area contributed by atoms with Gasteiger partial charge >= 0.3 is 20.1 Å². The first-order valence-corrected chi connectivity index (χ1v) is 20.8. The fourth-order valence-electron chi connectivity index (χ4n) is 7.85. The average Bonchev–Trinajstić information content (AvgIpc) is 1.55. The number of benzene rings is 5. The Morgan fingerprint density at radius 3 is 1.80 bits per heavy atom. The van der Waals surface area contributed by atoms with Crippen LogP contribution in [-0.4, -0.2) is 15.0 Å². The molecule has 10 rings (SSSR count). The summed E-state index contributed by atoms with van der Waals surface area (Å²) in [4.78, 5) is 13.1. The van der Waals surface area contributed by atoms with Crippen molar-refractivity contribution in [1.29, 1.82) is 5.26 Å². The quantitative estimate of drug-likeness (QED) is 0.108. The summed E-state index contributed by atoms with van der Waals surface area (Å²) in [5.74, 6) is -1.65. The van der Waals surface area contributed by atoms with Crippen LogP contribution in [0.4, 0.5) is 0 Å². The molecule has 1 aliphatic carbocycles. The van der Waals surface area contributed by atoms with Crippen molar-refractivity contribution in [2.45, 2.75) is 90.4 Å². The van der Waals surface area contributed by atoms with Crippen molar-refractivity contribution in [1.82, 2.24) is 15.0 Å². The number of hydrogen-bond acceptors (Lipinski definition) is 5. The number of nitrogens with zero attached hydrogens (tertiary/aromatic N) is 4. The Morgan fingerprint density at radius 2 is 1.24 bits per heavy atom. The summed E-state index contributed by atoms with van der Waals surface area (Å²) in [5, 5.41) is 10.4. The SMILES string of the molecule is [2H]c1cc2c(oc3c(-c4cc(C5([2H])CCCC5)c(C([2H])([2H])C([2H])([2H])c5cc(C([2H])([2H])C([2H])([2H])c6cnc(-c7[c-]cccc7)cc6C([2H])([2H])[2H])cc(C([2H])([2H])C([2H])([2H])c6cnc(-c7[c-]cccc7)cc6C([2H])([2H])[2H])c5)cn4)[c-]ccc32)c(C([2H])([2H])[2H])c1C#N.[Ir+3]. The third-order valence-electron chi connectivity index (χ3n) is 11.1. The van der Waals surface area contributed by atoms with Crippen LogP contribution in [0.1, 0.15) is 124 Å². The number of aromatic nitrogens is 3. The van der Waals surface area contributed by atoms with Gasteiger partial charge in [-0.15, -0.1) is 90.0 Å². The van der Waals surface area contributed by atoms with Crippen LogP contribution in [0.5, 0.6) is 0 Å². The number of hydrogen-bond donors (Lipinski definition) is 0. The molecule has 0 aliphatic heterocycles. The van der Waals surface area contributed by atoms with Crippen LogP contribution in [-0.2, 0) is 58.3 Å². The van der Waals surface area contributed by atoms with Gasteiger partial charge in [0.15, 0.2) is 0 Å². The predicted octanol–water partition coefficient (Wildman–Crippen LogP) is 14.0. The molecule has 0 N–H and O–H groups in total. The van der Waals surface area contributed by atoms with E-state index < -0.39 is 120 Å². The van der Waals surface area contributed by atoms with Crippen LogP contribution in [0.25, 0.3) is 55.7 Å². The molecule has 0 amide bonds. The Kier molecular flexibility index (Phi) is 7.50. The van der Waals surface area contributed by atoms with Gasteiger partial charge in [0.25, 0.3) is 0 Å². The molecule has 0 bridgehead atoms. The van der Waals surface area contributed by atoms with Gasteiger partial charge in [-0.25, -0.2) is 0 Å². The van der Waals surface area contributed by atoms with Gasteiger partial charge < -0.3 is 19.4 Å². The summed E-state index contributed by atoms with van der Waals surface area (Å²) >= 11 is 0. The zero-order chi connectivity index (χ0) is 64.3. The van der Waals surface area contributed by atoms with Crippen molar-refractivity contribution in [2.24, 2.45) is 0 Å². The summed E-state index contributed by atoms with van der Waals surface area (Å²) in [6.45, 7) is -9.18. The van der Waals surface area contributed by atoms with E-state index in [1.54, 1.807) is 48.5 Å². The number of rotatable bonds is 13. The maximum Gasteiger partial charge on any atom is 3.00 e. The Bertz CT molecular complexity index is 4100. The van der Waals surface area contributed by atoms with Crippen molar-refractivity contribution < 1.29 is 56.0 Å². The van der Waals surface area contributed by atoms with E-state index in [0.29, 0.717) is 35.4 Å². The maximum absolute atomic E-state index is 9.95. The summed E-state index contributed by atoms with van der Waals surface area (Å²) < 4.78 is 217. The van der Waals surface area contributed by atoms with Crippen LogP contribution in [0, 0.1) is 50.1 Å². The summed E-state index contributed by atoms with van der Waals surface area (Å²) in [6.07, 6.45) is -17.2. The Labute approximate surface area is 434 Å². The van der Waals surface area contributed by atoms with E-state index in [9.17, 15) is 23.1 Å². The van der Waals surface area contributed by atoms with Gasteiger partial charge in [-0.3, -0.25) is 0 Å². The standard InChI is InChI=1S/C60H51N4O.Ir/c1-39-29-56(46-15-6-4-7-16-46)62-36-49(39)24-21-42-31-43(22-25-50-37-63-57(30-40(50)2)47-17-8-5-9-18-47)33-44(32-42)23-26-51-38-64-58(34-55(51)45-13-10-11-14-45)54-20-12-19-52-53-28-27-48(35-61)41(3)59(53)65-60(52)54;/h4-9,12,15,17,19,27-34,36-38,45H,10-11,13-14,21-26H2,1-3H3;/q-3;+3/i1D3,2D3,3D3,21D2,22D2,23D2,24D2,25D2,26D2,27D,45D;. The minimum absolute atomic E-state index is 0. The maximum atomic E-state index is 9.95. The third-order valence-corrected chi connectivity index (χ3v) is 11.1. The van der Waals surface area contributed by atoms with Crippen LogP contribution in [0.15, 0.2) is 132 Å². The molecular weight excluding hydrogens is 985 g/mol. The molecular formula is C60H51IrN4O. The largest absolute Gasteiger partial charge is 3.00 e. The summed E-state index contributed by atoms with van der Waals surface area (Å²) in [5.41, 5.74) is -6.79. The molecule has 6 heteroatoms. The topological polar surface area (TPSA) is 75.6 Å². The first-order valence-electron chi connectivity index (χ1n) is 32.3. The number of furan rings is 1. The van der Waals surface area contributed by atoms with Crippen molar-refractivity contribution in [2.75, 3.05) is 0 Å². The Balaban J connectivity index is 0.00000941. The molecule has 66 heavy (non-hydrogen) atoms. The molecule has 0 spiro atoms. The second kappa shape index (κ2) is 19.9. The minimum Gasteiger partial charge on any atom is -0.500 e. The van der Waals surface area contributed by atoms with Gasteiger partial charge in [0.05, 0.1) is 18.6 Å². The molecule has 0 saturated heterocycles. The van der Waals surface area contributed by atoms with Crippen LogP contribution in [0.3, 0.4) is 0 Å². The number of nitriles is 1. The second-order valence-electron chi connectivity index (χ2n) is 15.3. The normalized spacial score (nSPS) is 20.2. The number of fused-ring (bicyclic) bond motifs is 3. The fraction of sp³-hybridized carbons (Fsp3) is 0.233. The van der Waals surface area contributed by atoms with Gasteiger partial charge in [-0.05, 0) is 140 Å². The molecule has 326 valence electrons. The second-order valence-corrected chi connectivity index (χ2v) is 15.3. The monoisotopic (exact) mass is 1060 g/mol. The van der Waals surface area contributed by atoms with Gasteiger partial charge in [0, 0.05) is 59.7 Å². The van der Waals surface area contributed by atoms with E-state index in [0.717, 1.165) is 42.9 Å². The van der Waals surface area contributed by atoms with Crippen molar-refractivity contribution in [3.63, 3.8) is 0 Å². The van der Waals surface area contributed by atoms with Crippen LogP contribution < -0.4 is 0 Å². The zero-order valence-electron chi connectivity index (χ0n) is 57.9. The van der Waals surface area contributed by atoms with E-state index in [-0.39, 0.29) is 83.8 Å². The van der Waals surface area contributed by atoms with Crippen molar-refractivity contribution in [3.05, 3.63) is 207 Å². The molecule has 1 fully saturated rings. The van der Waals surface area contributed by atoms with E-state index in [1.165, 1.54) is 30.3 Å². The van der Waals surface area contributed by atoms with Gasteiger partial charge in [0.2, 0.25) is 0 Å². The van der Waals surface area contributed by atoms with Crippen molar-refractivity contribution in [3.8, 4) is 39.8 Å². The van der Waals surface area contributed by atoms with Gasteiger partial charge in [0.1, 0.15) is 5.58 Å². The van der Waals surface area contributed by atoms with Crippen LogP contribution >= 0.6 is 0 Å². The van der Waals surface area contributed by atoms with Gasteiger partial charge in [-0.1, -0.05) is 77.4 Å². The Morgan fingerprint density at radius 1 is 0.667 bits per heavy atom. The molecule has 5 aromatic carbocycles. The summed E-state index contributed by atoms with van der Waals surface area (Å²) in [6, 6.07) is 32.9. The van der Waals surface area contributed by atoms with Crippen molar-refractivity contribution >= 4 is 21.9 Å². The van der Waals surface area contributed by atoms with E-state index in [1.807, 2.05) is 0 Å². The smallest absolute Gasteiger partial charge is 0.500 e. The summed E-state index contributed by atoms with van der Waals surface area (Å²) in [7, 11) is 0. The third kappa shape index (κ3) is 9.43. The molecule has 0 unspecified atom stereocenters. The first-order chi connectivity index (χ1) is 40.8. The van der Waals surface area contributed by atoms with E-state index in [2.05, 4.69) is 33.2 Å². The van der Waals surface area contributed by atoms with E-state index >= 15 is 0 Å². The molecule has 0 radical (unpaired) electrons. The molecule has 4 heterocycles. The molecule has 1 saturated carbocycles. The molecule has 9 aromatic rings. The van der Waals surface area contributed by atoms with E-state index in [4.69, 9.17) is 18.1 Å². The predicted molar refractivity (Wildman–Crippen MR) is 262 cm³/mol. The fourth-order valence-corrected chi connectivity index (χ4v) is 7.85. The molecule has 4 aromatic heterocycles. The first kappa shape index (κ1) is 24.9. The average molecular weight is 1060 g/mol.